The van der Waals surface area contributed by atoms with Crippen LogP contribution >= 0.6 is 11.6 Å². The predicted molar refractivity (Wildman–Crippen MR) is 99.7 cm³/mol. The number of carbonyl (C=O) groups is 2. The smallest absolute Gasteiger partial charge is 0.310 e. The molecule has 1 N–H and O–H groups in total. The van der Waals surface area contributed by atoms with E-state index in [4.69, 9.17) is 21.6 Å². The van der Waals surface area contributed by atoms with Crippen molar-refractivity contribution in [3.8, 4) is 6.07 Å². The Bertz CT molecular complexity index is 1120. The third-order valence-corrected chi connectivity index (χ3v) is 4.36. The van der Waals surface area contributed by atoms with Crippen LogP contribution in [0.2, 0.25) is 5.02 Å². The highest BCUT2D eigenvalue weighted by Gasteiger charge is 2.16. The van der Waals surface area contributed by atoms with E-state index in [-0.39, 0.29) is 11.4 Å². The highest BCUT2D eigenvalue weighted by atomic mass is 35.5. The summed E-state index contributed by atoms with van der Waals surface area (Å²) in [6, 6.07) is 6.40. The minimum atomic E-state index is -0.569. The minimum Gasteiger partial charge on any atom is -0.455 e. The number of benzene rings is 1. The molecule has 0 saturated heterocycles. The van der Waals surface area contributed by atoms with Gasteiger partial charge in [0.05, 0.1) is 17.0 Å². The number of aryl methyl sites for hydroxylation is 2. The van der Waals surface area contributed by atoms with Crippen molar-refractivity contribution in [1.29, 1.82) is 5.26 Å². The Labute approximate surface area is 164 Å². The van der Waals surface area contributed by atoms with Crippen molar-refractivity contribution in [2.45, 2.75) is 20.3 Å². The second-order valence-electron chi connectivity index (χ2n) is 5.93. The van der Waals surface area contributed by atoms with Crippen LogP contribution in [-0.4, -0.2) is 38.1 Å². The van der Waals surface area contributed by atoms with Crippen LogP contribution in [0.3, 0.4) is 0 Å². The predicted octanol–water partition coefficient (Wildman–Crippen LogP) is 1.99. The number of nitrogens with one attached hydrogen (secondary N) is 1. The number of nitriles is 1. The number of rotatable bonds is 5. The number of hydrogen-bond acceptors (Lipinski definition) is 7. The van der Waals surface area contributed by atoms with Gasteiger partial charge in [-0.25, -0.2) is 9.50 Å². The largest absolute Gasteiger partial charge is 0.455 e. The first-order chi connectivity index (χ1) is 13.4. The van der Waals surface area contributed by atoms with Gasteiger partial charge in [-0.1, -0.05) is 11.6 Å². The molecule has 0 radical (unpaired) electrons. The monoisotopic (exact) mass is 398 g/mol. The Morgan fingerprint density at radius 1 is 1.36 bits per heavy atom. The van der Waals surface area contributed by atoms with E-state index in [1.54, 1.807) is 13.8 Å². The van der Waals surface area contributed by atoms with E-state index in [0.717, 1.165) is 5.69 Å². The Hall–Kier alpha value is -3.51. The highest BCUT2D eigenvalue weighted by molar-refractivity contribution is 6.32. The number of halogens is 1. The van der Waals surface area contributed by atoms with Crippen LogP contribution in [-0.2, 0) is 20.7 Å². The number of amides is 1. The molecule has 1 aromatic carbocycles. The molecule has 142 valence electrons. The van der Waals surface area contributed by atoms with Gasteiger partial charge in [0.25, 0.3) is 11.7 Å². The number of carbonyl (C=O) groups excluding carboxylic acids is 2. The van der Waals surface area contributed by atoms with Gasteiger partial charge < -0.3 is 10.1 Å². The molecule has 0 bridgehead atoms. The zero-order chi connectivity index (χ0) is 20.3. The molecule has 0 spiro atoms. The fraction of sp³-hybridized carbons (Fsp3) is 0.222. The maximum atomic E-state index is 12.2. The average molecular weight is 399 g/mol. The molecule has 28 heavy (non-hydrogen) atoms. The molecule has 1 amide bonds. The molecule has 0 unspecified atom stereocenters. The number of hydrogen-bond donors (Lipinski definition) is 1. The van der Waals surface area contributed by atoms with E-state index in [1.807, 2.05) is 6.07 Å². The van der Waals surface area contributed by atoms with Gasteiger partial charge >= 0.3 is 5.97 Å². The molecule has 3 rings (SSSR count). The molecule has 3 aromatic rings. The van der Waals surface area contributed by atoms with Crippen LogP contribution < -0.4 is 5.32 Å². The third kappa shape index (κ3) is 4.07. The molecule has 0 fully saturated rings. The Balaban J connectivity index is 1.59. The lowest BCUT2D eigenvalue weighted by Gasteiger charge is -2.10. The zero-order valence-corrected chi connectivity index (χ0v) is 15.8. The van der Waals surface area contributed by atoms with Crippen molar-refractivity contribution in [3.05, 3.63) is 52.1 Å². The molecule has 9 nitrogen and oxygen atoms in total. The summed E-state index contributed by atoms with van der Waals surface area (Å²) < 4.78 is 6.59. The van der Waals surface area contributed by atoms with E-state index in [0.29, 0.717) is 28.3 Å². The van der Waals surface area contributed by atoms with Gasteiger partial charge in [0.15, 0.2) is 6.61 Å². The summed E-state index contributed by atoms with van der Waals surface area (Å²) in [5.41, 5.74) is 2.75. The highest BCUT2D eigenvalue weighted by Crippen LogP contribution is 2.20. The van der Waals surface area contributed by atoms with Gasteiger partial charge in [0.1, 0.15) is 12.4 Å². The van der Waals surface area contributed by atoms with Gasteiger partial charge in [0.2, 0.25) is 0 Å². The summed E-state index contributed by atoms with van der Waals surface area (Å²) >= 11 is 5.92. The van der Waals surface area contributed by atoms with Gasteiger partial charge in [-0.2, -0.15) is 15.3 Å². The van der Waals surface area contributed by atoms with E-state index < -0.39 is 18.5 Å². The van der Waals surface area contributed by atoms with Crippen molar-refractivity contribution in [2.75, 3.05) is 11.9 Å². The number of anilines is 1. The Morgan fingerprint density at radius 2 is 2.14 bits per heavy atom. The number of nitrogens with zero attached hydrogens (tertiary/aromatic N) is 5. The van der Waals surface area contributed by atoms with E-state index >= 15 is 0 Å². The van der Waals surface area contributed by atoms with Crippen LogP contribution in [0.5, 0.6) is 0 Å². The lowest BCUT2D eigenvalue weighted by atomic mass is 10.1. The lowest BCUT2D eigenvalue weighted by Crippen LogP contribution is -2.22. The molecule has 0 aliphatic carbocycles. The van der Waals surface area contributed by atoms with Crippen molar-refractivity contribution in [2.24, 2.45) is 0 Å². The fourth-order valence-electron chi connectivity index (χ4n) is 2.63. The molecule has 2 heterocycles. The SMILES string of the molecule is Cc1nc2ncnn2c(C)c1CC(=O)OCC(=O)Nc1ccc(C#N)c(Cl)c1. The third-order valence-electron chi connectivity index (χ3n) is 4.05. The quantitative estimate of drug-likeness (QED) is 0.652. The first-order valence-corrected chi connectivity index (χ1v) is 8.57. The van der Waals surface area contributed by atoms with Crippen molar-refractivity contribution in [1.82, 2.24) is 19.6 Å². The van der Waals surface area contributed by atoms with Crippen LogP contribution in [0.25, 0.3) is 5.78 Å². The summed E-state index contributed by atoms with van der Waals surface area (Å²) in [6.07, 6.45) is 1.34. The Kier molecular flexibility index (Phi) is 5.52. The van der Waals surface area contributed by atoms with E-state index in [9.17, 15) is 9.59 Å². The number of fused-ring (bicyclic) bond motifs is 1. The first-order valence-electron chi connectivity index (χ1n) is 8.20. The second-order valence-corrected chi connectivity index (χ2v) is 6.33. The zero-order valence-electron chi connectivity index (χ0n) is 15.1. The molecule has 0 aliphatic rings. The molecular formula is C18H15ClN6O3. The van der Waals surface area contributed by atoms with Crippen molar-refractivity contribution in [3.63, 3.8) is 0 Å². The van der Waals surface area contributed by atoms with Gasteiger partial charge in [0, 0.05) is 22.6 Å². The minimum absolute atomic E-state index is 0.0452. The van der Waals surface area contributed by atoms with Crippen LogP contribution in [0.1, 0.15) is 22.5 Å². The summed E-state index contributed by atoms with van der Waals surface area (Å²) in [6.45, 7) is 3.12. The second kappa shape index (κ2) is 8.02. The van der Waals surface area contributed by atoms with Crippen LogP contribution in [0.15, 0.2) is 24.5 Å². The van der Waals surface area contributed by atoms with Crippen molar-refractivity contribution >= 4 is 34.9 Å². The van der Waals surface area contributed by atoms with E-state index in [1.165, 1.54) is 29.0 Å². The fourth-order valence-corrected chi connectivity index (χ4v) is 2.86. The lowest BCUT2D eigenvalue weighted by molar-refractivity contribution is -0.146. The van der Waals surface area contributed by atoms with E-state index in [2.05, 4.69) is 20.4 Å². The summed E-state index contributed by atoms with van der Waals surface area (Å²) in [7, 11) is 0. The molecule has 10 heteroatoms. The van der Waals surface area contributed by atoms with Gasteiger partial charge in [-0.3, -0.25) is 9.59 Å². The molecule has 0 atom stereocenters. The van der Waals surface area contributed by atoms with Gasteiger partial charge in [-0.05, 0) is 32.0 Å². The Morgan fingerprint density at radius 3 is 2.86 bits per heavy atom. The normalized spacial score (nSPS) is 10.5. The maximum absolute atomic E-state index is 12.2. The molecule has 0 aliphatic heterocycles. The topological polar surface area (TPSA) is 122 Å². The van der Waals surface area contributed by atoms with Crippen molar-refractivity contribution < 1.29 is 14.3 Å². The van der Waals surface area contributed by atoms with Crippen LogP contribution in [0.4, 0.5) is 5.69 Å². The summed E-state index contributed by atoms with van der Waals surface area (Å²) in [4.78, 5) is 32.4. The van der Waals surface area contributed by atoms with Crippen LogP contribution in [0, 0.1) is 25.2 Å². The number of ether oxygens (including phenoxy) is 1. The number of esters is 1. The molecular weight excluding hydrogens is 384 g/mol. The summed E-state index contributed by atoms with van der Waals surface area (Å²) in [5.74, 6) is -0.638. The summed E-state index contributed by atoms with van der Waals surface area (Å²) in [5, 5.41) is 15.7. The molecule has 0 saturated carbocycles. The average Bonchev–Trinajstić information content (AvgIpc) is 3.12. The standard InChI is InChI=1S/C18H15ClN6O3/c1-10-14(11(2)25-18(23-10)21-9-22-25)6-17(27)28-8-16(26)24-13-4-3-12(7-20)15(19)5-13/h3-5,9H,6,8H2,1-2H3,(H,24,26). The number of aromatic nitrogens is 4. The first kappa shape index (κ1) is 19.3. The maximum Gasteiger partial charge on any atom is 0.310 e. The van der Waals surface area contributed by atoms with Gasteiger partial charge in [-0.15, -0.1) is 0 Å². The molecule has 2 aromatic heterocycles.